The molecule has 0 aliphatic carbocycles. The number of sulfonamides is 1. The van der Waals surface area contributed by atoms with Crippen LogP contribution in [0.25, 0.3) is 0 Å². The summed E-state index contributed by atoms with van der Waals surface area (Å²) in [7, 11) is -3.76. The Morgan fingerprint density at radius 2 is 2.24 bits per heavy atom. The van der Waals surface area contributed by atoms with Crippen molar-refractivity contribution in [3.63, 3.8) is 0 Å². The minimum Gasteiger partial charge on any atom is -0.448 e. The molecular formula is C8H12N4O4S. The van der Waals surface area contributed by atoms with Crippen LogP contribution in [0, 0.1) is 0 Å². The summed E-state index contributed by atoms with van der Waals surface area (Å²) in [6.07, 6.45) is 0.412. The summed E-state index contributed by atoms with van der Waals surface area (Å²) < 4.78 is 29.9. The maximum Gasteiger partial charge on any atom is 0.404 e. The Kier molecular flexibility index (Phi) is 4.24. The van der Waals surface area contributed by atoms with E-state index in [0.717, 1.165) is 0 Å². The Labute approximate surface area is 98.0 Å². The molecule has 0 aliphatic heterocycles. The Hall–Kier alpha value is -1.87. The number of nitrogens with one attached hydrogen (secondary N) is 1. The standard InChI is InChI=1S/C8H12N4O4S/c9-7-6(2-1-3-11-7)17(14,15)12-4-5-16-8(10)13/h1-3,12H,4-5H2,(H2,9,11)(H2,10,13). The Balaban J connectivity index is 2.64. The maximum atomic E-state index is 11.7. The molecule has 9 heteroatoms. The van der Waals surface area contributed by atoms with Gasteiger partial charge in [-0.05, 0) is 12.1 Å². The zero-order valence-electron chi connectivity index (χ0n) is 8.79. The van der Waals surface area contributed by atoms with Gasteiger partial charge in [0, 0.05) is 12.7 Å². The van der Waals surface area contributed by atoms with E-state index >= 15 is 0 Å². The summed E-state index contributed by atoms with van der Waals surface area (Å²) >= 11 is 0. The van der Waals surface area contributed by atoms with Gasteiger partial charge < -0.3 is 16.2 Å². The van der Waals surface area contributed by atoms with Gasteiger partial charge in [-0.25, -0.2) is 22.9 Å². The van der Waals surface area contributed by atoms with Crippen molar-refractivity contribution in [1.82, 2.24) is 9.71 Å². The first-order valence-corrected chi connectivity index (χ1v) is 6.04. The lowest BCUT2D eigenvalue weighted by molar-refractivity contribution is 0.159. The Bertz CT molecular complexity index is 502. The van der Waals surface area contributed by atoms with Crippen LogP contribution in [0.3, 0.4) is 0 Å². The largest absolute Gasteiger partial charge is 0.448 e. The van der Waals surface area contributed by atoms with E-state index in [0.29, 0.717) is 0 Å². The lowest BCUT2D eigenvalue weighted by atomic mass is 10.5. The van der Waals surface area contributed by atoms with E-state index in [4.69, 9.17) is 11.5 Å². The smallest absolute Gasteiger partial charge is 0.404 e. The molecular weight excluding hydrogens is 248 g/mol. The molecule has 0 saturated heterocycles. The van der Waals surface area contributed by atoms with E-state index in [-0.39, 0.29) is 23.9 Å². The Morgan fingerprint density at radius 1 is 1.53 bits per heavy atom. The molecule has 0 atom stereocenters. The molecule has 0 unspecified atom stereocenters. The number of hydrogen-bond acceptors (Lipinski definition) is 6. The number of hydrogen-bond donors (Lipinski definition) is 3. The third-order valence-electron chi connectivity index (χ3n) is 1.73. The molecule has 0 bridgehead atoms. The Morgan fingerprint density at radius 3 is 2.82 bits per heavy atom. The molecule has 1 heterocycles. The number of ether oxygens (including phenoxy) is 1. The number of primary amides is 1. The van der Waals surface area contributed by atoms with Gasteiger partial charge in [0.05, 0.1) is 0 Å². The van der Waals surface area contributed by atoms with Gasteiger partial charge in [-0.1, -0.05) is 0 Å². The van der Waals surface area contributed by atoms with Crippen LogP contribution < -0.4 is 16.2 Å². The highest BCUT2D eigenvalue weighted by Crippen LogP contribution is 2.13. The number of rotatable bonds is 5. The first-order chi connectivity index (χ1) is 7.93. The number of nitrogens with two attached hydrogens (primary N) is 2. The SMILES string of the molecule is NC(=O)OCCNS(=O)(=O)c1cccnc1N. The van der Waals surface area contributed by atoms with Crippen molar-refractivity contribution < 1.29 is 17.9 Å². The van der Waals surface area contributed by atoms with E-state index in [1.54, 1.807) is 0 Å². The normalized spacial score (nSPS) is 11.1. The molecule has 1 amide bonds. The number of amides is 1. The molecule has 0 spiro atoms. The highest BCUT2D eigenvalue weighted by atomic mass is 32.2. The fourth-order valence-electron chi connectivity index (χ4n) is 1.04. The average Bonchev–Trinajstić information content (AvgIpc) is 2.24. The molecule has 0 saturated carbocycles. The molecule has 17 heavy (non-hydrogen) atoms. The summed E-state index contributed by atoms with van der Waals surface area (Å²) in [6.45, 7) is -0.256. The van der Waals surface area contributed by atoms with Crippen molar-refractivity contribution in [3.8, 4) is 0 Å². The minimum atomic E-state index is -3.76. The molecule has 1 aromatic heterocycles. The topological polar surface area (TPSA) is 137 Å². The molecule has 0 fully saturated rings. The predicted molar refractivity (Wildman–Crippen MR) is 59.4 cm³/mol. The van der Waals surface area contributed by atoms with Gasteiger partial charge in [0.15, 0.2) is 0 Å². The van der Waals surface area contributed by atoms with Crippen LogP contribution in [-0.4, -0.2) is 32.6 Å². The monoisotopic (exact) mass is 260 g/mol. The molecule has 8 nitrogen and oxygen atoms in total. The summed E-state index contributed by atoms with van der Waals surface area (Å²) in [5, 5.41) is 0. The zero-order chi connectivity index (χ0) is 12.9. The van der Waals surface area contributed by atoms with Crippen molar-refractivity contribution in [2.45, 2.75) is 4.90 Å². The maximum absolute atomic E-state index is 11.7. The first-order valence-electron chi connectivity index (χ1n) is 4.56. The summed E-state index contributed by atoms with van der Waals surface area (Å²) in [5.74, 6) is -0.101. The molecule has 1 aromatic rings. The number of pyridine rings is 1. The van der Waals surface area contributed by atoms with Gasteiger partial charge in [-0.3, -0.25) is 0 Å². The lowest BCUT2D eigenvalue weighted by Gasteiger charge is -2.07. The van der Waals surface area contributed by atoms with Crippen LogP contribution in [-0.2, 0) is 14.8 Å². The second kappa shape index (κ2) is 5.46. The summed E-state index contributed by atoms with van der Waals surface area (Å²) in [6, 6.07) is 2.77. The zero-order valence-corrected chi connectivity index (χ0v) is 9.61. The highest BCUT2D eigenvalue weighted by Gasteiger charge is 2.17. The van der Waals surface area contributed by atoms with Crippen molar-refractivity contribution in [2.24, 2.45) is 5.73 Å². The summed E-state index contributed by atoms with van der Waals surface area (Å²) in [5.41, 5.74) is 10.1. The van der Waals surface area contributed by atoms with Crippen LogP contribution in [0.15, 0.2) is 23.2 Å². The molecule has 5 N–H and O–H groups in total. The van der Waals surface area contributed by atoms with Crippen LogP contribution in [0.5, 0.6) is 0 Å². The van der Waals surface area contributed by atoms with Crippen molar-refractivity contribution >= 4 is 21.9 Å². The molecule has 0 radical (unpaired) electrons. The van der Waals surface area contributed by atoms with Crippen LogP contribution in [0.2, 0.25) is 0 Å². The minimum absolute atomic E-state index is 0.0976. The van der Waals surface area contributed by atoms with E-state index in [1.807, 2.05) is 0 Å². The van der Waals surface area contributed by atoms with Gasteiger partial charge in [0.1, 0.15) is 17.3 Å². The van der Waals surface area contributed by atoms with Crippen LogP contribution in [0.4, 0.5) is 10.6 Å². The number of carbonyl (C=O) groups excluding carboxylic acids is 1. The van der Waals surface area contributed by atoms with E-state index < -0.39 is 16.1 Å². The number of nitrogens with zero attached hydrogens (tertiary/aromatic N) is 1. The lowest BCUT2D eigenvalue weighted by Crippen LogP contribution is -2.29. The average molecular weight is 260 g/mol. The fraction of sp³-hybridized carbons (Fsp3) is 0.250. The molecule has 1 rings (SSSR count). The van der Waals surface area contributed by atoms with Crippen LogP contribution in [0.1, 0.15) is 0 Å². The van der Waals surface area contributed by atoms with Crippen molar-refractivity contribution in [3.05, 3.63) is 18.3 Å². The number of carbonyl (C=O) groups is 1. The van der Waals surface area contributed by atoms with E-state index in [9.17, 15) is 13.2 Å². The highest BCUT2D eigenvalue weighted by molar-refractivity contribution is 7.89. The number of nitrogen functional groups attached to an aromatic ring is 1. The van der Waals surface area contributed by atoms with Crippen LogP contribution >= 0.6 is 0 Å². The first kappa shape index (κ1) is 13.2. The van der Waals surface area contributed by atoms with Crippen molar-refractivity contribution in [1.29, 1.82) is 0 Å². The van der Waals surface area contributed by atoms with Gasteiger partial charge in [0.25, 0.3) is 0 Å². The second-order valence-electron chi connectivity index (χ2n) is 2.95. The number of aromatic nitrogens is 1. The number of anilines is 1. The second-order valence-corrected chi connectivity index (χ2v) is 4.69. The van der Waals surface area contributed by atoms with Gasteiger partial charge in [-0.15, -0.1) is 0 Å². The predicted octanol–water partition coefficient (Wildman–Crippen LogP) is -0.963. The van der Waals surface area contributed by atoms with Crippen molar-refractivity contribution in [2.75, 3.05) is 18.9 Å². The third-order valence-corrected chi connectivity index (χ3v) is 3.24. The quantitative estimate of drug-likeness (QED) is 0.583. The third kappa shape index (κ3) is 3.89. The van der Waals surface area contributed by atoms with E-state index in [1.165, 1.54) is 18.3 Å². The van der Waals surface area contributed by atoms with Gasteiger partial charge in [-0.2, -0.15) is 0 Å². The summed E-state index contributed by atoms with van der Waals surface area (Å²) in [4.78, 5) is 13.8. The van der Waals surface area contributed by atoms with Gasteiger partial charge >= 0.3 is 6.09 Å². The molecule has 0 aliphatic rings. The van der Waals surface area contributed by atoms with Gasteiger partial charge in [0.2, 0.25) is 10.0 Å². The fourth-order valence-corrected chi connectivity index (χ4v) is 2.13. The van der Waals surface area contributed by atoms with E-state index in [2.05, 4.69) is 14.4 Å². The molecule has 0 aromatic carbocycles. The molecule has 94 valence electrons.